The molecule has 1 fully saturated rings. The molecular formula is C14H24N4O3S. The second kappa shape index (κ2) is 6.37. The fourth-order valence-corrected chi connectivity index (χ4v) is 3.60. The van der Waals surface area contributed by atoms with Gasteiger partial charge in [-0.3, -0.25) is 9.48 Å². The molecule has 1 aromatic heterocycles. The summed E-state index contributed by atoms with van der Waals surface area (Å²) in [7, 11) is -1.35. The SMILES string of the molecule is Cc1nn(C)c(C)c1[C@H]1CCCN1C(=O)CCNS(C)(=O)=O. The summed E-state index contributed by atoms with van der Waals surface area (Å²) >= 11 is 0. The summed E-state index contributed by atoms with van der Waals surface area (Å²) in [5.41, 5.74) is 3.17. The van der Waals surface area contributed by atoms with Crippen molar-refractivity contribution in [2.24, 2.45) is 7.05 Å². The van der Waals surface area contributed by atoms with Gasteiger partial charge < -0.3 is 4.90 Å². The normalized spacial score (nSPS) is 18.9. The fourth-order valence-electron chi connectivity index (χ4n) is 3.12. The number of carbonyl (C=O) groups is 1. The Kier molecular flexibility index (Phi) is 4.91. The van der Waals surface area contributed by atoms with E-state index in [-0.39, 0.29) is 24.9 Å². The van der Waals surface area contributed by atoms with Crippen molar-refractivity contribution in [3.8, 4) is 0 Å². The average Bonchev–Trinajstić information content (AvgIpc) is 2.94. The monoisotopic (exact) mass is 328 g/mol. The average molecular weight is 328 g/mol. The van der Waals surface area contributed by atoms with Crippen LogP contribution >= 0.6 is 0 Å². The van der Waals surface area contributed by atoms with E-state index in [1.165, 1.54) is 0 Å². The van der Waals surface area contributed by atoms with Crippen LogP contribution in [0, 0.1) is 13.8 Å². The molecule has 1 amide bonds. The number of nitrogens with zero attached hydrogens (tertiary/aromatic N) is 3. The summed E-state index contributed by atoms with van der Waals surface area (Å²) in [5, 5.41) is 4.43. The minimum Gasteiger partial charge on any atom is -0.335 e. The molecule has 0 bridgehead atoms. The van der Waals surface area contributed by atoms with Gasteiger partial charge in [0.25, 0.3) is 0 Å². The third-order valence-corrected chi connectivity index (χ3v) is 4.90. The highest BCUT2D eigenvalue weighted by Crippen LogP contribution is 2.35. The van der Waals surface area contributed by atoms with Gasteiger partial charge in [-0.15, -0.1) is 0 Å². The molecule has 1 saturated heterocycles. The Morgan fingerprint density at radius 2 is 2.09 bits per heavy atom. The van der Waals surface area contributed by atoms with Gasteiger partial charge in [0.2, 0.25) is 15.9 Å². The molecule has 1 aromatic rings. The molecule has 1 aliphatic rings. The Balaban J connectivity index is 2.09. The number of aryl methyl sites for hydroxylation is 2. The van der Waals surface area contributed by atoms with Gasteiger partial charge in [0.15, 0.2) is 0 Å². The molecule has 22 heavy (non-hydrogen) atoms. The minimum absolute atomic E-state index is 0.0127. The molecule has 7 nitrogen and oxygen atoms in total. The van der Waals surface area contributed by atoms with Crippen LogP contribution in [0.15, 0.2) is 0 Å². The van der Waals surface area contributed by atoms with E-state index in [9.17, 15) is 13.2 Å². The van der Waals surface area contributed by atoms with Gasteiger partial charge in [0.05, 0.1) is 18.0 Å². The number of aromatic nitrogens is 2. The standard InChI is InChI=1S/C14H24N4O3S/c1-10-14(11(2)17(3)16-10)12-6-5-9-18(12)13(19)7-8-15-22(4,20)21/h12,15H,5-9H2,1-4H3/t12-/m1/s1. The summed E-state index contributed by atoms with van der Waals surface area (Å²) in [6, 6.07) is 0.0550. The largest absolute Gasteiger partial charge is 0.335 e. The van der Waals surface area contributed by atoms with Crippen molar-refractivity contribution in [2.45, 2.75) is 39.2 Å². The molecule has 0 aliphatic carbocycles. The van der Waals surface area contributed by atoms with E-state index >= 15 is 0 Å². The van der Waals surface area contributed by atoms with Crippen LogP contribution in [0.2, 0.25) is 0 Å². The van der Waals surface area contributed by atoms with Crippen molar-refractivity contribution in [3.63, 3.8) is 0 Å². The maximum absolute atomic E-state index is 12.4. The quantitative estimate of drug-likeness (QED) is 0.860. The lowest BCUT2D eigenvalue weighted by Gasteiger charge is -2.25. The van der Waals surface area contributed by atoms with Crippen LogP contribution in [0.25, 0.3) is 0 Å². The van der Waals surface area contributed by atoms with Crippen molar-refractivity contribution in [2.75, 3.05) is 19.3 Å². The number of carbonyl (C=O) groups excluding carboxylic acids is 1. The molecule has 0 aromatic carbocycles. The Morgan fingerprint density at radius 1 is 1.41 bits per heavy atom. The highest BCUT2D eigenvalue weighted by molar-refractivity contribution is 7.88. The lowest BCUT2D eigenvalue weighted by molar-refractivity contribution is -0.131. The van der Waals surface area contributed by atoms with E-state index in [1.807, 2.05) is 30.5 Å². The lowest BCUT2D eigenvalue weighted by Crippen LogP contribution is -2.34. The minimum atomic E-state index is -3.25. The maximum atomic E-state index is 12.4. The van der Waals surface area contributed by atoms with Gasteiger partial charge in [-0.1, -0.05) is 0 Å². The first-order chi connectivity index (χ1) is 10.2. The molecule has 1 aliphatic heterocycles. The smallest absolute Gasteiger partial charge is 0.224 e. The summed E-state index contributed by atoms with van der Waals surface area (Å²) < 4.78 is 26.3. The van der Waals surface area contributed by atoms with Crippen LogP contribution in [0.1, 0.15) is 42.3 Å². The summed E-state index contributed by atoms with van der Waals surface area (Å²) in [4.78, 5) is 14.3. The molecule has 2 heterocycles. The number of hydrogen-bond donors (Lipinski definition) is 1. The number of nitrogens with one attached hydrogen (secondary N) is 1. The van der Waals surface area contributed by atoms with Gasteiger partial charge >= 0.3 is 0 Å². The van der Waals surface area contributed by atoms with Gasteiger partial charge in [-0.25, -0.2) is 13.1 Å². The summed E-state index contributed by atoms with van der Waals surface area (Å²) in [6.07, 6.45) is 3.17. The Hall–Kier alpha value is -1.41. The van der Waals surface area contributed by atoms with Crippen molar-refractivity contribution in [1.82, 2.24) is 19.4 Å². The summed E-state index contributed by atoms with van der Waals surface area (Å²) in [5.74, 6) is -0.0127. The van der Waals surface area contributed by atoms with Crippen LogP contribution in [0.5, 0.6) is 0 Å². The highest BCUT2D eigenvalue weighted by atomic mass is 32.2. The molecule has 0 saturated carbocycles. The second-order valence-electron chi connectivity index (χ2n) is 5.87. The van der Waals surface area contributed by atoms with Crippen molar-refractivity contribution in [3.05, 3.63) is 17.0 Å². The van der Waals surface area contributed by atoms with Gasteiger partial charge in [-0.05, 0) is 26.7 Å². The molecule has 1 atom stereocenters. The van der Waals surface area contributed by atoms with Crippen LogP contribution in [-0.4, -0.2) is 48.4 Å². The second-order valence-corrected chi connectivity index (χ2v) is 7.70. The highest BCUT2D eigenvalue weighted by Gasteiger charge is 2.33. The predicted octanol–water partition coefficient (Wildman–Crippen LogP) is 0.640. The van der Waals surface area contributed by atoms with E-state index in [1.54, 1.807) is 0 Å². The number of hydrogen-bond acceptors (Lipinski definition) is 4. The third-order valence-electron chi connectivity index (χ3n) is 4.17. The number of amides is 1. The topological polar surface area (TPSA) is 84.3 Å². The zero-order chi connectivity index (χ0) is 16.5. The molecule has 8 heteroatoms. The first kappa shape index (κ1) is 17.0. The van der Waals surface area contributed by atoms with E-state index in [0.717, 1.165) is 42.6 Å². The summed E-state index contributed by atoms with van der Waals surface area (Å²) in [6.45, 7) is 4.85. The van der Waals surface area contributed by atoms with E-state index in [2.05, 4.69) is 9.82 Å². The van der Waals surface area contributed by atoms with E-state index in [4.69, 9.17) is 0 Å². The van der Waals surface area contributed by atoms with E-state index in [0.29, 0.717) is 0 Å². The predicted molar refractivity (Wildman–Crippen MR) is 83.8 cm³/mol. The Labute approximate surface area is 131 Å². The first-order valence-electron chi connectivity index (χ1n) is 7.45. The molecule has 1 N–H and O–H groups in total. The zero-order valence-corrected chi connectivity index (χ0v) is 14.4. The fraction of sp³-hybridized carbons (Fsp3) is 0.714. The van der Waals surface area contributed by atoms with Crippen molar-refractivity contribution in [1.29, 1.82) is 0 Å². The van der Waals surface area contributed by atoms with Crippen LogP contribution in [0.3, 0.4) is 0 Å². The number of likely N-dealkylation sites (tertiary alicyclic amines) is 1. The zero-order valence-electron chi connectivity index (χ0n) is 13.6. The maximum Gasteiger partial charge on any atom is 0.224 e. The molecule has 0 unspecified atom stereocenters. The van der Waals surface area contributed by atoms with Crippen molar-refractivity contribution < 1.29 is 13.2 Å². The lowest BCUT2D eigenvalue weighted by atomic mass is 10.0. The molecule has 124 valence electrons. The van der Waals surface area contributed by atoms with Gasteiger partial charge in [0.1, 0.15) is 0 Å². The molecule has 2 rings (SSSR count). The van der Waals surface area contributed by atoms with Crippen LogP contribution in [-0.2, 0) is 21.9 Å². The molecule has 0 radical (unpaired) electrons. The Morgan fingerprint density at radius 3 is 2.64 bits per heavy atom. The first-order valence-corrected chi connectivity index (χ1v) is 9.34. The van der Waals surface area contributed by atoms with E-state index < -0.39 is 10.0 Å². The van der Waals surface area contributed by atoms with Gasteiger partial charge in [0, 0.05) is 37.8 Å². The van der Waals surface area contributed by atoms with Crippen LogP contribution in [0.4, 0.5) is 0 Å². The van der Waals surface area contributed by atoms with Crippen molar-refractivity contribution >= 4 is 15.9 Å². The number of rotatable bonds is 5. The van der Waals surface area contributed by atoms with Crippen LogP contribution < -0.4 is 4.72 Å². The Bertz CT molecular complexity index is 666. The third kappa shape index (κ3) is 3.67. The molecular weight excluding hydrogens is 304 g/mol. The van der Waals surface area contributed by atoms with Gasteiger partial charge in [-0.2, -0.15) is 5.10 Å². The molecule has 0 spiro atoms. The number of sulfonamides is 1.